The van der Waals surface area contributed by atoms with Crippen LogP contribution >= 0.6 is 15.9 Å². The number of rotatable bonds is 3. The van der Waals surface area contributed by atoms with Gasteiger partial charge in [-0.2, -0.15) is 0 Å². The fourth-order valence-corrected chi connectivity index (χ4v) is 2.71. The van der Waals surface area contributed by atoms with Crippen LogP contribution in [0.25, 0.3) is 0 Å². The second-order valence-corrected chi connectivity index (χ2v) is 4.83. The maximum atomic E-state index is 11.9. The minimum absolute atomic E-state index is 0.198. The molecule has 1 aliphatic heterocycles. The molecule has 1 amide bonds. The van der Waals surface area contributed by atoms with Crippen LogP contribution in [0, 0.1) is 0 Å². The highest BCUT2D eigenvalue weighted by Gasteiger charge is 2.28. The van der Waals surface area contributed by atoms with Gasteiger partial charge in [-0.3, -0.25) is 0 Å². The summed E-state index contributed by atoms with van der Waals surface area (Å²) in [6.45, 7) is 1.16. The molecule has 1 atom stereocenters. The first-order valence-electron chi connectivity index (χ1n) is 5.84. The molecule has 4 heteroatoms. The Morgan fingerprint density at radius 2 is 2.18 bits per heavy atom. The van der Waals surface area contributed by atoms with Gasteiger partial charge in [0, 0.05) is 17.9 Å². The summed E-state index contributed by atoms with van der Waals surface area (Å²) < 4.78 is 5.31. The lowest BCUT2D eigenvalue weighted by Gasteiger charge is -2.22. The molecule has 3 nitrogen and oxygen atoms in total. The number of carbonyl (C=O) groups excluding carboxylic acids is 1. The molecule has 0 aromatic heterocycles. The van der Waals surface area contributed by atoms with E-state index >= 15 is 0 Å². The van der Waals surface area contributed by atoms with Crippen molar-refractivity contribution in [2.24, 2.45) is 0 Å². The summed E-state index contributed by atoms with van der Waals surface area (Å²) in [5.74, 6) is 0. The molecule has 0 saturated carbocycles. The molecular formula is C13H16BrNO2. The summed E-state index contributed by atoms with van der Waals surface area (Å²) in [5.41, 5.74) is 1.02. The van der Waals surface area contributed by atoms with E-state index in [0.717, 1.165) is 30.3 Å². The Kier molecular flexibility index (Phi) is 4.42. The molecule has 92 valence electrons. The summed E-state index contributed by atoms with van der Waals surface area (Å²) in [7, 11) is 0. The normalized spacial score (nSPS) is 19.4. The second kappa shape index (κ2) is 6.05. The minimum Gasteiger partial charge on any atom is -0.445 e. The number of carbonyl (C=O) groups is 1. The van der Waals surface area contributed by atoms with Crippen molar-refractivity contribution in [3.63, 3.8) is 0 Å². The van der Waals surface area contributed by atoms with Crippen molar-refractivity contribution >= 4 is 22.0 Å². The molecule has 0 radical (unpaired) electrons. The Balaban J connectivity index is 1.85. The van der Waals surface area contributed by atoms with Crippen LogP contribution in [0.1, 0.15) is 18.4 Å². The maximum absolute atomic E-state index is 11.9. The highest BCUT2D eigenvalue weighted by Crippen LogP contribution is 2.20. The first-order valence-corrected chi connectivity index (χ1v) is 6.96. The molecule has 1 fully saturated rings. The summed E-state index contributed by atoms with van der Waals surface area (Å²) in [5, 5.41) is 0.827. The zero-order valence-electron chi connectivity index (χ0n) is 9.64. The van der Waals surface area contributed by atoms with E-state index < -0.39 is 0 Å². The third kappa shape index (κ3) is 3.22. The van der Waals surface area contributed by atoms with Gasteiger partial charge in [0.1, 0.15) is 6.61 Å². The van der Waals surface area contributed by atoms with Crippen LogP contribution < -0.4 is 0 Å². The van der Waals surface area contributed by atoms with Crippen molar-refractivity contribution in [2.75, 3.05) is 11.9 Å². The SMILES string of the molecule is O=C(OCc1ccccc1)N1CCCC1CBr. The van der Waals surface area contributed by atoms with Crippen LogP contribution in [0.4, 0.5) is 4.79 Å². The first kappa shape index (κ1) is 12.4. The largest absolute Gasteiger partial charge is 0.445 e. The Hall–Kier alpha value is -1.03. The summed E-state index contributed by atoms with van der Waals surface area (Å²) in [6.07, 6.45) is 1.93. The van der Waals surface area contributed by atoms with Crippen molar-refractivity contribution in [1.29, 1.82) is 0 Å². The number of nitrogens with zero attached hydrogens (tertiary/aromatic N) is 1. The zero-order chi connectivity index (χ0) is 12.1. The van der Waals surface area contributed by atoms with Gasteiger partial charge < -0.3 is 9.64 Å². The van der Waals surface area contributed by atoms with Gasteiger partial charge in [-0.15, -0.1) is 0 Å². The quantitative estimate of drug-likeness (QED) is 0.802. The average molecular weight is 298 g/mol. The Morgan fingerprint density at radius 3 is 2.88 bits per heavy atom. The van der Waals surface area contributed by atoms with Gasteiger partial charge in [-0.05, 0) is 18.4 Å². The van der Waals surface area contributed by atoms with E-state index in [4.69, 9.17) is 4.74 Å². The van der Waals surface area contributed by atoms with E-state index in [1.54, 1.807) is 0 Å². The molecule has 0 spiro atoms. The maximum Gasteiger partial charge on any atom is 0.410 e. The van der Waals surface area contributed by atoms with E-state index in [0.29, 0.717) is 12.6 Å². The number of hydrogen-bond donors (Lipinski definition) is 0. The van der Waals surface area contributed by atoms with Crippen LogP contribution in [-0.2, 0) is 11.3 Å². The molecule has 1 aromatic carbocycles. The van der Waals surface area contributed by atoms with E-state index in [-0.39, 0.29) is 6.09 Å². The lowest BCUT2D eigenvalue weighted by Crippen LogP contribution is -2.36. The van der Waals surface area contributed by atoms with Crippen molar-refractivity contribution in [3.8, 4) is 0 Å². The molecule has 0 bridgehead atoms. The number of benzene rings is 1. The molecular weight excluding hydrogens is 282 g/mol. The number of halogens is 1. The van der Waals surface area contributed by atoms with Gasteiger partial charge in [-0.25, -0.2) is 4.79 Å². The van der Waals surface area contributed by atoms with Gasteiger partial charge in [0.15, 0.2) is 0 Å². The third-order valence-corrected chi connectivity index (χ3v) is 3.74. The zero-order valence-corrected chi connectivity index (χ0v) is 11.2. The summed E-state index contributed by atoms with van der Waals surface area (Å²) in [6, 6.07) is 10.0. The fraction of sp³-hybridized carbons (Fsp3) is 0.462. The van der Waals surface area contributed by atoms with Crippen LogP contribution in [0.2, 0.25) is 0 Å². The van der Waals surface area contributed by atoms with E-state index in [9.17, 15) is 4.79 Å². The van der Waals surface area contributed by atoms with Crippen LogP contribution in [0.3, 0.4) is 0 Å². The van der Waals surface area contributed by atoms with Gasteiger partial charge in [-0.1, -0.05) is 46.3 Å². The van der Waals surface area contributed by atoms with Crippen molar-refractivity contribution in [3.05, 3.63) is 35.9 Å². The molecule has 0 aliphatic carbocycles. The Morgan fingerprint density at radius 1 is 1.41 bits per heavy atom. The van der Waals surface area contributed by atoms with Crippen molar-refractivity contribution in [1.82, 2.24) is 4.90 Å². The molecule has 17 heavy (non-hydrogen) atoms. The molecule has 1 aromatic rings. The highest BCUT2D eigenvalue weighted by molar-refractivity contribution is 9.09. The molecule has 1 saturated heterocycles. The lowest BCUT2D eigenvalue weighted by molar-refractivity contribution is 0.0951. The predicted molar refractivity (Wildman–Crippen MR) is 70.1 cm³/mol. The van der Waals surface area contributed by atoms with Crippen LogP contribution in [-0.4, -0.2) is 28.9 Å². The van der Waals surface area contributed by atoms with Gasteiger partial charge in [0.05, 0.1) is 0 Å². The van der Waals surface area contributed by atoms with Crippen LogP contribution in [0.15, 0.2) is 30.3 Å². The molecule has 0 N–H and O–H groups in total. The fourth-order valence-electron chi connectivity index (χ4n) is 2.04. The van der Waals surface area contributed by atoms with Gasteiger partial charge in [0.2, 0.25) is 0 Å². The number of amides is 1. The van der Waals surface area contributed by atoms with Crippen LogP contribution in [0.5, 0.6) is 0 Å². The average Bonchev–Trinajstić information content (AvgIpc) is 2.85. The lowest BCUT2D eigenvalue weighted by atomic mass is 10.2. The summed E-state index contributed by atoms with van der Waals surface area (Å²) >= 11 is 3.43. The van der Waals surface area contributed by atoms with E-state index in [1.807, 2.05) is 35.2 Å². The minimum atomic E-state index is -0.198. The van der Waals surface area contributed by atoms with Gasteiger partial charge in [0.25, 0.3) is 0 Å². The summed E-state index contributed by atoms with van der Waals surface area (Å²) in [4.78, 5) is 13.7. The monoisotopic (exact) mass is 297 g/mol. The standard InChI is InChI=1S/C13H16BrNO2/c14-9-12-7-4-8-15(12)13(16)17-10-11-5-2-1-3-6-11/h1-3,5-6,12H,4,7-10H2. The van der Waals surface area contributed by atoms with Gasteiger partial charge >= 0.3 is 6.09 Å². The number of alkyl halides is 1. The van der Waals surface area contributed by atoms with Crippen molar-refractivity contribution in [2.45, 2.75) is 25.5 Å². The number of hydrogen-bond acceptors (Lipinski definition) is 2. The second-order valence-electron chi connectivity index (χ2n) is 4.18. The smallest absolute Gasteiger partial charge is 0.410 e. The predicted octanol–water partition coefficient (Wildman–Crippen LogP) is 3.18. The molecule has 1 unspecified atom stereocenters. The number of likely N-dealkylation sites (tertiary alicyclic amines) is 1. The van der Waals surface area contributed by atoms with E-state index in [2.05, 4.69) is 15.9 Å². The Labute approximate surface area is 110 Å². The third-order valence-electron chi connectivity index (χ3n) is 2.99. The molecule has 2 rings (SSSR count). The number of ether oxygens (including phenoxy) is 1. The van der Waals surface area contributed by atoms with E-state index in [1.165, 1.54) is 0 Å². The van der Waals surface area contributed by atoms with Crippen molar-refractivity contribution < 1.29 is 9.53 Å². The Bertz CT molecular complexity index is 369. The topological polar surface area (TPSA) is 29.5 Å². The highest BCUT2D eigenvalue weighted by atomic mass is 79.9. The molecule has 1 heterocycles. The molecule has 1 aliphatic rings. The first-order chi connectivity index (χ1) is 8.31.